The van der Waals surface area contributed by atoms with E-state index in [2.05, 4.69) is 5.32 Å². The normalized spacial score (nSPS) is 23.4. The van der Waals surface area contributed by atoms with Gasteiger partial charge in [0, 0.05) is 6.07 Å². The van der Waals surface area contributed by atoms with Gasteiger partial charge in [0.25, 0.3) is 0 Å². The fourth-order valence-corrected chi connectivity index (χ4v) is 2.44. The highest BCUT2D eigenvalue weighted by Crippen LogP contribution is 2.25. The average Bonchev–Trinajstić information content (AvgIpc) is 2.82. The van der Waals surface area contributed by atoms with Gasteiger partial charge in [-0.05, 0) is 38.3 Å². The maximum Gasteiger partial charge on any atom is 0.225 e. The number of ether oxygens (including phenoxy) is 1. The fourth-order valence-electron chi connectivity index (χ4n) is 2.44. The summed E-state index contributed by atoms with van der Waals surface area (Å²) in [7, 11) is 0. The minimum absolute atomic E-state index is 0.135. The monoisotopic (exact) mass is 281 g/mol. The molecule has 1 aromatic rings. The van der Waals surface area contributed by atoms with Crippen LogP contribution in [0.15, 0.2) is 24.3 Å². The van der Waals surface area contributed by atoms with Gasteiger partial charge in [0.2, 0.25) is 5.91 Å². The first-order valence-electron chi connectivity index (χ1n) is 6.94. The number of aliphatic hydroxyl groups excluding tert-OH is 1. The van der Waals surface area contributed by atoms with Gasteiger partial charge in [0.1, 0.15) is 17.7 Å². The Balaban J connectivity index is 1.77. The van der Waals surface area contributed by atoms with Crippen LogP contribution in [-0.4, -0.2) is 29.8 Å². The van der Waals surface area contributed by atoms with Gasteiger partial charge >= 0.3 is 0 Å². The fraction of sp³-hybridized carbons (Fsp3) is 0.533. The van der Waals surface area contributed by atoms with E-state index >= 15 is 0 Å². The van der Waals surface area contributed by atoms with Crippen LogP contribution >= 0.6 is 0 Å². The van der Waals surface area contributed by atoms with Crippen LogP contribution in [0, 0.1) is 11.7 Å². The molecule has 2 rings (SSSR count). The summed E-state index contributed by atoms with van der Waals surface area (Å²) in [6.45, 7) is 2.13. The molecule has 1 saturated carbocycles. The van der Waals surface area contributed by atoms with Crippen LogP contribution in [-0.2, 0) is 4.79 Å². The van der Waals surface area contributed by atoms with Gasteiger partial charge in [0.05, 0.1) is 18.6 Å². The SMILES string of the molecule is CC(CNC(=O)C1CCCC1O)Oc1cccc(F)c1. The van der Waals surface area contributed by atoms with E-state index in [0.29, 0.717) is 18.7 Å². The van der Waals surface area contributed by atoms with Gasteiger partial charge in [-0.15, -0.1) is 0 Å². The van der Waals surface area contributed by atoms with Crippen molar-refractivity contribution in [2.75, 3.05) is 6.54 Å². The molecule has 1 aromatic carbocycles. The van der Waals surface area contributed by atoms with E-state index in [1.165, 1.54) is 12.1 Å². The first kappa shape index (κ1) is 14.8. The molecule has 1 aliphatic carbocycles. The Morgan fingerprint density at radius 2 is 2.35 bits per heavy atom. The van der Waals surface area contributed by atoms with Crippen LogP contribution in [0.3, 0.4) is 0 Å². The summed E-state index contributed by atoms with van der Waals surface area (Å²) < 4.78 is 18.5. The lowest BCUT2D eigenvalue weighted by atomic mass is 10.1. The van der Waals surface area contributed by atoms with Crippen molar-refractivity contribution in [1.29, 1.82) is 0 Å². The molecule has 1 fully saturated rings. The van der Waals surface area contributed by atoms with Gasteiger partial charge in [0.15, 0.2) is 0 Å². The minimum Gasteiger partial charge on any atom is -0.489 e. The molecular formula is C15H20FNO3. The van der Waals surface area contributed by atoms with E-state index in [1.54, 1.807) is 19.1 Å². The molecule has 0 heterocycles. The van der Waals surface area contributed by atoms with E-state index in [0.717, 1.165) is 12.8 Å². The highest BCUT2D eigenvalue weighted by atomic mass is 19.1. The van der Waals surface area contributed by atoms with Crippen LogP contribution < -0.4 is 10.1 Å². The molecule has 0 saturated heterocycles. The average molecular weight is 281 g/mol. The number of benzene rings is 1. The smallest absolute Gasteiger partial charge is 0.225 e. The van der Waals surface area contributed by atoms with Gasteiger partial charge in [-0.25, -0.2) is 4.39 Å². The van der Waals surface area contributed by atoms with E-state index < -0.39 is 6.10 Å². The summed E-state index contributed by atoms with van der Waals surface area (Å²) in [5.74, 6) is -0.360. The number of rotatable bonds is 5. The molecule has 20 heavy (non-hydrogen) atoms. The molecule has 0 bridgehead atoms. The second kappa shape index (κ2) is 6.70. The Bertz CT molecular complexity index is 466. The van der Waals surface area contributed by atoms with Crippen LogP contribution in [0.1, 0.15) is 26.2 Å². The maximum atomic E-state index is 13.0. The molecule has 5 heteroatoms. The minimum atomic E-state index is -0.533. The molecule has 0 aromatic heterocycles. The van der Waals surface area contributed by atoms with Crippen molar-refractivity contribution in [2.24, 2.45) is 5.92 Å². The Morgan fingerprint density at radius 1 is 1.55 bits per heavy atom. The van der Waals surface area contributed by atoms with Gasteiger partial charge in [-0.2, -0.15) is 0 Å². The molecule has 0 spiro atoms. The highest BCUT2D eigenvalue weighted by molar-refractivity contribution is 5.79. The van der Waals surface area contributed by atoms with E-state index in [9.17, 15) is 14.3 Å². The van der Waals surface area contributed by atoms with Crippen molar-refractivity contribution in [3.63, 3.8) is 0 Å². The summed E-state index contributed by atoms with van der Waals surface area (Å²) in [6.07, 6.45) is 1.50. The van der Waals surface area contributed by atoms with Gasteiger partial charge in [-0.3, -0.25) is 4.79 Å². The third-order valence-electron chi connectivity index (χ3n) is 3.51. The number of amides is 1. The summed E-state index contributed by atoms with van der Waals surface area (Å²) >= 11 is 0. The third-order valence-corrected chi connectivity index (χ3v) is 3.51. The highest BCUT2D eigenvalue weighted by Gasteiger charge is 2.31. The molecule has 0 radical (unpaired) electrons. The zero-order valence-corrected chi connectivity index (χ0v) is 11.5. The van der Waals surface area contributed by atoms with Crippen molar-refractivity contribution in [1.82, 2.24) is 5.32 Å². The van der Waals surface area contributed by atoms with Crippen molar-refractivity contribution in [2.45, 2.75) is 38.4 Å². The predicted octanol–water partition coefficient (Wildman–Crippen LogP) is 1.87. The number of carbonyl (C=O) groups is 1. The molecule has 0 aliphatic heterocycles. The Hall–Kier alpha value is -1.62. The summed E-state index contributed by atoms with van der Waals surface area (Å²) in [4.78, 5) is 11.9. The van der Waals surface area contributed by atoms with Crippen molar-refractivity contribution in [3.8, 4) is 5.75 Å². The molecule has 3 atom stereocenters. The molecule has 1 amide bonds. The number of aliphatic hydroxyl groups is 1. The van der Waals surface area contributed by atoms with Crippen LogP contribution in [0.25, 0.3) is 0 Å². The molecule has 4 nitrogen and oxygen atoms in total. The van der Waals surface area contributed by atoms with Gasteiger partial charge < -0.3 is 15.2 Å². The lowest BCUT2D eigenvalue weighted by Crippen LogP contribution is -2.39. The summed E-state index contributed by atoms with van der Waals surface area (Å²) in [5, 5.41) is 12.4. The maximum absolute atomic E-state index is 13.0. The van der Waals surface area contributed by atoms with Crippen LogP contribution in [0.4, 0.5) is 4.39 Å². The summed E-state index contributed by atoms with van der Waals surface area (Å²) in [5.41, 5.74) is 0. The second-order valence-electron chi connectivity index (χ2n) is 5.24. The van der Waals surface area contributed by atoms with E-state index in [1.807, 2.05) is 0 Å². The zero-order chi connectivity index (χ0) is 14.5. The van der Waals surface area contributed by atoms with Gasteiger partial charge in [-0.1, -0.05) is 6.07 Å². The number of halogens is 1. The first-order valence-corrected chi connectivity index (χ1v) is 6.94. The predicted molar refractivity (Wildman–Crippen MR) is 72.8 cm³/mol. The largest absolute Gasteiger partial charge is 0.489 e. The standard InChI is InChI=1S/C15H20FNO3/c1-10(20-12-5-2-4-11(16)8-12)9-17-15(19)13-6-3-7-14(13)18/h2,4-5,8,10,13-14,18H,3,6-7,9H2,1H3,(H,17,19). The third kappa shape index (κ3) is 3.93. The van der Waals surface area contributed by atoms with E-state index in [-0.39, 0.29) is 23.7 Å². The van der Waals surface area contributed by atoms with Crippen LogP contribution in [0.5, 0.6) is 5.75 Å². The number of nitrogens with one attached hydrogen (secondary N) is 1. The topological polar surface area (TPSA) is 58.6 Å². The zero-order valence-electron chi connectivity index (χ0n) is 11.5. The Morgan fingerprint density at radius 3 is 3.00 bits per heavy atom. The molecule has 3 unspecified atom stereocenters. The Labute approximate surface area is 117 Å². The molecular weight excluding hydrogens is 261 g/mol. The molecule has 110 valence electrons. The van der Waals surface area contributed by atoms with Crippen LogP contribution in [0.2, 0.25) is 0 Å². The van der Waals surface area contributed by atoms with Crippen molar-refractivity contribution in [3.05, 3.63) is 30.1 Å². The quantitative estimate of drug-likeness (QED) is 0.866. The number of carbonyl (C=O) groups excluding carboxylic acids is 1. The first-order chi connectivity index (χ1) is 9.56. The molecule has 2 N–H and O–H groups in total. The lowest BCUT2D eigenvalue weighted by molar-refractivity contribution is -0.127. The van der Waals surface area contributed by atoms with E-state index in [4.69, 9.17) is 4.74 Å². The van der Waals surface area contributed by atoms with Crippen molar-refractivity contribution < 1.29 is 19.0 Å². The number of hydrogen-bond acceptors (Lipinski definition) is 3. The lowest BCUT2D eigenvalue weighted by Gasteiger charge is -2.18. The number of hydrogen-bond donors (Lipinski definition) is 2. The molecule has 1 aliphatic rings. The van der Waals surface area contributed by atoms with Crippen molar-refractivity contribution >= 4 is 5.91 Å². The Kier molecular flexibility index (Phi) is 4.95. The second-order valence-corrected chi connectivity index (χ2v) is 5.24. The summed E-state index contributed by atoms with van der Waals surface area (Å²) in [6, 6.07) is 5.90.